The van der Waals surface area contributed by atoms with Crippen LogP contribution in [0.25, 0.3) is 0 Å². The first-order valence-electron chi connectivity index (χ1n) is 7.43. The van der Waals surface area contributed by atoms with Crippen LogP contribution in [0.4, 0.5) is 13.6 Å². The van der Waals surface area contributed by atoms with Crippen LogP contribution in [-0.4, -0.2) is 35.8 Å². The molecule has 0 aliphatic rings. The fourth-order valence-electron chi connectivity index (χ4n) is 2.04. The van der Waals surface area contributed by atoms with Crippen molar-refractivity contribution in [1.29, 1.82) is 0 Å². The molecule has 8 heteroatoms. The Kier molecular flexibility index (Phi) is 6.41. The van der Waals surface area contributed by atoms with Crippen LogP contribution >= 0.6 is 11.6 Å². The van der Waals surface area contributed by atoms with Crippen LogP contribution in [0.2, 0.25) is 5.02 Å². The molecule has 0 saturated carbocycles. The Morgan fingerprint density at radius 1 is 1.16 bits per heavy atom. The van der Waals surface area contributed by atoms with E-state index in [9.17, 15) is 13.6 Å². The van der Waals surface area contributed by atoms with Crippen molar-refractivity contribution < 1.29 is 28.2 Å². The molecule has 0 saturated heterocycles. The molecule has 0 unspecified atom stereocenters. The van der Waals surface area contributed by atoms with E-state index in [1.165, 1.54) is 23.1 Å². The number of benzene rings is 2. The van der Waals surface area contributed by atoms with Crippen molar-refractivity contribution >= 4 is 17.7 Å². The van der Waals surface area contributed by atoms with Crippen LogP contribution in [0.15, 0.2) is 36.4 Å². The standard InChI is InChI=1S/C17H16ClF2NO4/c1-2-21(17(22)23)5-6-24-16-4-3-13(10-15(16)18)25-14-8-11(19)7-12(20)9-14/h3-4,7-10H,2,5-6H2,1H3,(H,22,23). The Balaban J connectivity index is 1.99. The minimum atomic E-state index is -1.02. The van der Waals surface area contributed by atoms with Gasteiger partial charge in [-0.15, -0.1) is 0 Å². The van der Waals surface area contributed by atoms with Gasteiger partial charge in [0.25, 0.3) is 0 Å². The normalized spacial score (nSPS) is 10.4. The van der Waals surface area contributed by atoms with Gasteiger partial charge in [0.05, 0.1) is 11.6 Å². The Morgan fingerprint density at radius 2 is 1.84 bits per heavy atom. The third-order valence-corrected chi connectivity index (χ3v) is 3.54. The average Bonchev–Trinajstić information content (AvgIpc) is 2.52. The molecule has 25 heavy (non-hydrogen) atoms. The molecule has 2 rings (SSSR count). The van der Waals surface area contributed by atoms with Crippen LogP contribution in [0.3, 0.4) is 0 Å². The first kappa shape index (κ1) is 18.8. The highest BCUT2D eigenvalue weighted by Crippen LogP contribution is 2.31. The summed E-state index contributed by atoms with van der Waals surface area (Å²) in [6.45, 7) is 2.41. The molecule has 2 aromatic carbocycles. The van der Waals surface area contributed by atoms with Gasteiger partial charge in [0.15, 0.2) is 0 Å². The van der Waals surface area contributed by atoms with Gasteiger partial charge in [0.2, 0.25) is 0 Å². The summed E-state index contributed by atoms with van der Waals surface area (Å²) in [7, 11) is 0. The Labute approximate surface area is 148 Å². The number of hydrogen-bond donors (Lipinski definition) is 1. The van der Waals surface area contributed by atoms with Crippen molar-refractivity contribution in [3.8, 4) is 17.2 Å². The summed E-state index contributed by atoms with van der Waals surface area (Å²) in [4.78, 5) is 12.1. The van der Waals surface area contributed by atoms with Gasteiger partial charge in [0.1, 0.15) is 35.5 Å². The maximum Gasteiger partial charge on any atom is 0.407 e. The number of halogens is 3. The van der Waals surface area contributed by atoms with E-state index in [-0.39, 0.29) is 29.7 Å². The molecule has 0 aliphatic heterocycles. The zero-order valence-corrected chi connectivity index (χ0v) is 14.1. The van der Waals surface area contributed by atoms with Gasteiger partial charge in [0, 0.05) is 30.8 Å². The molecule has 0 aromatic heterocycles. The smallest absolute Gasteiger partial charge is 0.407 e. The third-order valence-electron chi connectivity index (χ3n) is 3.25. The lowest BCUT2D eigenvalue weighted by Crippen LogP contribution is -2.33. The minimum absolute atomic E-state index is 0.00211. The lowest BCUT2D eigenvalue weighted by molar-refractivity contribution is 0.138. The average molecular weight is 372 g/mol. The van der Waals surface area contributed by atoms with Gasteiger partial charge < -0.3 is 19.5 Å². The van der Waals surface area contributed by atoms with Crippen molar-refractivity contribution in [3.05, 3.63) is 53.1 Å². The molecule has 1 N–H and O–H groups in total. The lowest BCUT2D eigenvalue weighted by atomic mass is 10.3. The third kappa shape index (κ3) is 5.49. The van der Waals surface area contributed by atoms with E-state index in [1.807, 2.05) is 0 Å². The van der Waals surface area contributed by atoms with Crippen LogP contribution in [0.1, 0.15) is 6.92 Å². The maximum absolute atomic E-state index is 13.2. The molecule has 0 heterocycles. The Morgan fingerprint density at radius 3 is 2.40 bits per heavy atom. The van der Waals surface area contributed by atoms with Gasteiger partial charge in [-0.2, -0.15) is 0 Å². The highest BCUT2D eigenvalue weighted by Gasteiger charge is 2.10. The summed E-state index contributed by atoms with van der Waals surface area (Å²) in [5, 5.41) is 9.14. The van der Waals surface area contributed by atoms with E-state index in [0.29, 0.717) is 12.3 Å². The van der Waals surface area contributed by atoms with Crippen molar-refractivity contribution in [1.82, 2.24) is 4.90 Å². The van der Waals surface area contributed by atoms with E-state index in [0.717, 1.165) is 18.2 Å². The van der Waals surface area contributed by atoms with Crippen LogP contribution < -0.4 is 9.47 Å². The number of likely N-dealkylation sites (N-methyl/N-ethyl adjacent to an activating group) is 1. The topological polar surface area (TPSA) is 59.0 Å². The number of nitrogens with zero attached hydrogens (tertiary/aromatic N) is 1. The molecule has 0 radical (unpaired) electrons. The van der Waals surface area contributed by atoms with Crippen LogP contribution in [-0.2, 0) is 0 Å². The molecular weight excluding hydrogens is 356 g/mol. The van der Waals surface area contributed by atoms with Gasteiger partial charge in [-0.25, -0.2) is 13.6 Å². The highest BCUT2D eigenvalue weighted by atomic mass is 35.5. The van der Waals surface area contributed by atoms with E-state index in [2.05, 4.69) is 0 Å². The van der Waals surface area contributed by atoms with E-state index < -0.39 is 17.7 Å². The molecular formula is C17H16ClF2NO4. The van der Waals surface area contributed by atoms with Crippen molar-refractivity contribution in [2.45, 2.75) is 6.92 Å². The summed E-state index contributed by atoms with van der Waals surface area (Å²) >= 11 is 6.09. The number of hydrogen-bond acceptors (Lipinski definition) is 3. The van der Waals surface area contributed by atoms with Crippen molar-refractivity contribution in [2.24, 2.45) is 0 Å². The van der Waals surface area contributed by atoms with Gasteiger partial charge in [-0.05, 0) is 19.1 Å². The number of amides is 1. The zero-order valence-electron chi connectivity index (χ0n) is 13.3. The zero-order chi connectivity index (χ0) is 18.4. The number of carboxylic acid groups (broad SMARTS) is 1. The Hall–Kier alpha value is -2.54. The van der Waals surface area contributed by atoms with E-state index >= 15 is 0 Å². The summed E-state index contributed by atoms with van der Waals surface area (Å²) in [6.07, 6.45) is -1.02. The fraction of sp³-hybridized carbons (Fsp3) is 0.235. The summed E-state index contributed by atoms with van der Waals surface area (Å²) < 4.78 is 37.1. The SMILES string of the molecule is CCN(CCOc1ccc(Oc2cc(F)cc(F)c2)cc1Cl)C(=O)O. The molecule has 5 nitrogen and oxygen atoms in total. The van der Waals surface area contributed by atoms with Crippen molar-refractivity contribution in [2.75, 3.05) is 19.7 Å². The van der Waals surface area contributed by atoms with Crippen LogP contribution in [0.5, 0.6) is 17.2 Å². The first-order valence-corrected chi connectivity index (χ1v) is 7.81. The number of ether oxygens (including phenoxy) is 2. The second-order valence-corrected chi connectivity index (χ2v) is 5.42. The predicted molar refractivity (Wildman–Crippen MR) is 88.7 cm³/mol. The summed E-state index contributed by atoms with van der Waals surface area (Å²) in [5.41, 5.74) is 0. The molecule has 0 fully saturated rings. The van der Waals surface area contributed by atoms with Gasteiger partial charge >= 0.3 is 6.09 Å². The second-order valence-electron chi connectivity index (χ2n) is 5.01. The predicted octanol–water partition coefficient (Wildman–Crippen LogP) is 4.79. The largest absolute Gasteiger partial charge is 0.490 e. The van der Waals surface area contributed by atoms with Crippen molar-refractivity contribution in [3.63, 3.8) is 0 Å². The number of rotatable bonds is 7. The second kappa shape index (κ2) is 8.53. The molecule has 0 aliphatic carbocycles. The molecule has 0 bridgehead atoms. The summed E-state index contributed by atoms with van der Waals surface area (Å²) in [6, 6.07) is 7.34. The monoisotopic (exact) mass is 371 g/mol. The molecule has 0 spiro atoms. The van der Waals surface area contributed by atoms with Gasteiger partial charge in [-0.1, -0.05) is 11.6 Å². The molecule has 0 atom stereocenters. The van der Waals surface area contributed by atoms with Gasteiger partial charge in [-0.3, -0.25) is 0 Å². The summed E-state index contributed by atoms with van der Waals surface area (Å²) in [5.74, 6) is -0.869. The first-order chi connectivity index (χ1) is 11.9. The molecule has 2 aromatic rings. The fourth-order valence-corrected chi connectivity index (χ4v) is 2.27. The van der Waals surface area contributed by atoms with E-state index in [4.69, 9.17) is 26.2 Å². The lowest BCUT2D eigenvalue weighted by Gasteiger charge is -2.17. The minimum Gasteiger partial charge on any atom is -0.490 e. The molecule has 1 amide bonds. The Bertz CT molecular complexity index is 737. The molecule has 134 valence electrons. The van der Waals surface area contributed by atoms with E-state index in [1.54, 1.807) is 6.92 Å². The quantitative estimate of drug-likeness (QED) is 0.760. The highest BCUT2D eigenvalue weighted by molar-refractivity contribution is 6.32. The number of carbonyl (C=O) groups is 1. The van der Waals surface area contributed by atoms with Crippen LogP contribution in [0, 0.1) is 11.6 Å². The maximum atomic E-state index is 13.2.